The van der Waals surface area contributed by atoms with Crippen molar-refractivity contribution in [1.82, 2.24) is 5.32 Å². The lowest BCUT2D eigenvalue weighted by Gasteiger charge is -2.06. The smallest absolute Gasteiger partial charge is 0.258 e. The second-order valence-corrected chi connectivity index (χ2v) is 4.31. The zero-order valence-electron chi connectivity index (χ0n) is 8.30. The highest BCUT2D eigenvalue weighted by molar-refractivity contribution is 9.10. The van der Waals surface area contributed by atoms with E-state index in [-0.39, 0.29) is 5.57 Å². The summed E-state index contributed by atoms with van der Waals surface area (Å²) < 4.78 is 13.7. The Morgan fingerprint density at radius 3 is 2.56 bits per heavy atom. The predicted molar refractivity (Wildman–Crippen MR) is 60.0 cm³/mol. The molecule has 0 spiro atoms. The number of carbonyl (C=O) groups is 2. The van der Waals surface area contributed by atoms with Crippen molar-refractivity contribution >= 4 is 33.3 Å². The van der Waals surface area contributed by atoms with Gasteiger partial charge in [-0.3, -0.25) is 14.9 Å². The van der Waals surface area contributed by atoms with E-state index in [9.17, 15) is 14.0 Å². The topological polar surface area (TPSA) is 46.2 Å². The summed E-state index contributed by atoms with van der Waals surface area (Å²) in [7, 11) is 0. The molecule has 3 nitrogen and oxygen atoms in total. The molecule has 1 aromatic carbocycles. The van der Waals surface area contributed by atoms with Gasteiger partial charge in [0.2, 0.25) is 0 Å². The number of nitrogens with one attached hydrogen (secondary N) is 1. The van der Waals surface area contributed by atoms with Gasteiger partial charge in [-0.25, -0.2) is 4.39 Å². The molecule has 0 saturated heterocycles. The standard InChI is InChI=1S/C11H7BrFNO2/c1-5-2-8(12)9(13)3-6(5)7-4-10(15)14-11(7)16/h2-4H,1H3,(H,14,15,16). The molecule has 82 valence electrons. The fourth-order valence-corrected chi connectivity index (χ4v) is 2.01. The van der Waals surface area contributed by atoms with Crippen LogP contribution in [-0.4, -0.2) is 11.8 Å². The number of amides is 2. The quantitative estimate of drug-likeness (QED) is 0.801. The highest BCUT2D eigenvalue weighted by Crippen LogP contribution is 2.27. The van der Waals surface area contributed by atoms with Crippen LogP contribution in [0.1, 0.15) is 11.1 Å². The molecule has 0 saturated carbocycles. The van der Waals surface area contributed by atoms with Crippen LogP contribution in [0.2, 0.25) is 0 Å². The van der Waals surface area contributed by atoms with Crippen LogP contribution in [0, 0.1) is 12.7 Å². The van der Waals surface area contributed by atoms with Gasteiger partial charge in [-0.05, 0) is 46.1 Å². The van der Waals surface area contributed by atoms with Gasteiger partial charge in [0.25, 0.3) is 11.8 Å². The van der Waals surface area contributed by atoms with Crippen molar-refractivity contribution in [1.29, 1.82) is 0 Å². The number of aryl methyl sites for hydroxylation is 1. The summed E-state index contributed by atoms with van der Waals surface area (Å²) in [6.45, 7) is 1.75. The van der Waals surface area contributed by atoms with Crippen LogP contribution < -0.4 is 5.32 Å². The average Bonchev–Trinajstić information content (AvgIpc) is 2.51. The molecule has 1 aliphatic heterocycles. The van der Waals surface area contributed by atoms with Crippen molar-refractivity contribution in [2.45, 2.75) is 6.92 Å². The van der Waals surface area contributed by atoms with Crippen molar-refractivity contribution < 1.29 is 14.0 Å². The molecule has 16 heavy (non-hydrogen) atoms. The zero-order valence-corrected chi connectivity index (χ0v) is 9.89. The van der Waals surface area contributed by atoms with E-state index in [4.69, 9.17) is 0 Å². The van der Waals surface area contributed by atoms with Crippen LogP contribution >= 0.6 is 15.9 Å². The third-order valence-corrected chi connectivity index (χ3v) is 2.92. The maximum absolute atomic E-state index is 13.3. The second kappa shape index (κ2) is 3.83. The number of hydrogen-bond acceptors (Lipinski definition) is 2. The molecule has 0 aliphatic carbocycles. The molecular formula is C11H7BrFNO2. The molecule has 0 fully saturated rings. The predicted octanol–water partition coefficient (Wildman–Crippen LogP) is 1.94. The first-order valence-corrected chi connectivity index (χ1v) is 5.31. The number of hydrogen-bond donors (Lipinski definition) is 1. The van der Waals surface area contributed by atoms with E-state index in [1.165, 1.54) is 12.1 Å². The molecule has 1 N–H and O–H groups in total. The highest BCUT2D eigenvalue weighted by Gasteiger charge is 2.24. The third kappa shape index (κ3) is 1.78. The van der Waals surface area contributed by atoms with Crippen molar-refractivity contribution in [3.63, 3.8) is 0 Å². The van der Waals surface area contributed by atoms with Crippen LogP contribution in [0.25, 0.3) is 5.57 Å². The summed E-state index contributed by atoms with van der Waals surface area (Å²) >= 11 is 3.05. The molecule has 0 atom stereocenters. The van der Waals surface area contributed by atoms with Crippen molar-refractivity contribution in [2.75, 3.05) is 0 Å². The number of rotatable bonds is 1. The zero-order chi connectivity index (χ0) is 11.9. The summed E-state index contributed by atoms with van der Waals surface area (Å²) in [6.07, 6.45) is 1.18. The Kier molecular flexibility index (Phi) is 2.63. The Bertz CT molecular complexity index is 537. The minimum atomic E-state index is -0.491. The van der Waals surface area contributed by atoms with Gasteiger partial charge >= 0.3 is 0 Å². The van der Waals surface area contributed by atoms with Gasteiger partial charge in [-0.2, -0.15) is 0 Å². The van der Waals surface area contributed by atoms with Crippen molar-refractivity contribution in [3.8, 4) is 0 Å². The first kappa shape index (κ1) is 11.0. The van der Waals surface area contributed by atoms with E-state index in [1.807, 2.05) is 0 Å². The van der Waals surface area contributed by atoms with Gasteiger partial charge in [-0.15, -0.1) is 0 Å². The number of halogens is 2. The van der Waals surface area contributed by atoms with E-state index in [2.05, 4.69) is 21.2 Å². The number of carbonyl (C=O) groups excluding carboxylic acids is 2. The number of imide groups is 1. The van der Waals surface area contributed by atoms with Gasteiger partial charge in [-0.1, -0.05) is 0 Å². The van der Waals surface area contributed by atoms with Crippen molar-refractivity contribution in [2.24, 2.45) is 0 Å². The molecular weight excluding hydrogens is 277 g/mol. The van der Waals surface area contributed by atoms with Gasteiger partial charge in [0.05, 0.1) is 10.0 Å². The Hall–Kier alpha value is -1.49. The normalized spacial score (nSPS) is 15.1. The lowest BCUT2D eigenvalue weighted by Crippen LogP contribution is -2.21. The first-order chi connectivity index (χ1) is 7.49. The minimum Gasteiger partial charge on any atom is -0.289 e. The molecule has 1 heterocycles. The highest BCUT2D eigenvalue weighted by atomic mass is 79.9. The molecule has 0 radical (unpaired) electrons. The van der Waals surface area contributed by atoms with Gasteiger partial charge in [0.15, 0.2) is 0 Å². The third-order valence-electron chi connectivity index (χ3n) is 2.31. The molecule has 0 aromatic heterocycles. The largest absolute Gasteiger partial charge is 0.289 e. The Balaban J connectivity index is 2.57. The van der Waals surface area contributed by atoms with Crippen LogP contribution in [0.3, 0.4) is 0 Å². The fraction of sp³-hybridized carbons (Fsp3) is 0.0909. The lowest BCUT2D eigenvalue weighted by atomic mass is 10.0. The van der Waals surface area contributed by atoms with Gasteiger partial charge in [0.1, 0.15) is 5.82 Å². The number of benzene rings is 1. The lowest BCUT2D eigenvalue weighted by molar-refractivity contribution is -0.123. The molecule has 5 heteroatoms. The van der Waals surface area contributed by atoms with E-state index < -0.39 is 17.6 Å². The Morgan fingerprint density at radius 1 is 1.31 bits per heavy atom. The maximum Gasteiger partial charge on any atom is 0.258 e. The summed E-state index contributed by atoms with van der Waals surface area (Å²) in [4.78, 5) is 22.4. The van der Waals surface area contributed by atoms with E-state index in [0.717, 1.165) is 5.56 Å². The van der Waals surface area contributed by atoms with Gasteiger partial charge < -0.3 is 0 Å². The SMILES string of the molecule is Cc1cc(Br)c(F)cc1C1=CC(=O)NC1=O. The fourth-order valence-electron chi connectivity index (χ4n) is 1.55. The monoisotopic (exact) mass is 283 g/mol. The van der Waals surface area contributed by atoms with Crippen molar-refractivity contribution in [3.05, 3.63) is 39.6 Å². The van der Waals surface area contributed by atoms with E-state index in [0.29, 0.717) is 10.0 Å². The molecule has 1 aromatic rings. The Morgan fingerprint density at radius 2 is 2.00 bits per heavy atom. The summed E-state index contributed by atoms with van der Waals surface area (Å²) in [6, 6.07) is 2.81. The first-order valence-electron chi connectivity index (χ1n) is 4.52. The summed E-state index contributed by atoms with van der Waals surface area (Å²) in [5.41, 5.74) is 1.36. The Labute approximate surface area is 99.5 Å². The molecule has 0 unspecified atom stereocenters. The van der Waals surface area contributed by atoms with Crippen LogP contribution in [0.4, 0.5) is 4.39 Å². The molecule has 2 rings (SSSR count). The summed E-state index contributed by atoms with van der Waals surface area (Å²) in [5, 5.41) is 2.12. The molecule has 1 aliphatic rings. The van der Waals surface area contributed by atoms with Crippen LogP contribution in [-0.2, 0) is 9.59 Å². The van der Waals surface area contributed by atoms with Crippen LogP contribution in [0.5, 0.6) is 0 Å². The minimum absolute atomic E-state index is 0.203. The van der Waals surface area contributed by atoms with E-state index in [1.54, 1.807) is 13.0 Å². The average molecular weight is 284 g/mol. The van der Waals surface area contributed by atoms with Crippen LogP contribution in [0.15, 0.2) is 22.7 Å². The van der Waals surface area contributed by atoms with E-state index >= 15 is 0 Å². The molecule has 0 bridgehead atoms. The van der Waals surface area contributed by atoms with Gasteiger partial charge in [0, 0.05) is 6.08 Å². The summed E-state index contributed by atoms with van der Waals surface area (Å²) in [5.74, 6) is -1.42. The molecule has 2 amide bonds. The second-order valence-electron chi connectivity index (χ2n) is 3.46. The maximum atomic E-state index is 13.3.